The van der Waals surface area contributed by atoms with Gasteiger partial charge in [-0.2, -0.15) is 13.2 Å². The molecule has 0 spiro atoms. The van der Waals surface area contributed by atoms with Crippen molar-refractivity contribution in [3.63, 3.8) is 0 Å². The molecule has 1 aromatic rings. The number of hydrogen-bond acceptors (Lipinski definition) is 3. The van der Waals surface area contributed by atoms with Gasteiger partial charge in [0.2, 0.25) is 0 Å². The van der Waals surface area contributed by atoms with E-state index in [1.165, 1.54) is 12.1 Å². The van der Waals surface area contributed by atoms with Crippen molar-refractivity contribution in [2.24, 2.45) is 0 Å². The van der Waals surface area contributed by atoms with Crippen molar-refractivity contribution in [1.82, 2.24) is 15.1 Å². The normalized spacial score (nSPS) is 22.6. The number of carbonyl (C=O) groups is 1. The summed E-state index contributed by atoms with van der Waals surface area (Å²) in [4.78, 5) is 16.4. The Bertz CT molecular complexity index is 570. The molecule has 2 N–H and O–H groups in total. The lowest BCUT2D eigenvalue weighted by Gasteiger charge is -2.32. The fraction of sp³-hybridized carbons (Fsp3) is 0.562. The first-order chi connectivity index (χ1) is 11.4. The quantitative estimate of drug-likeness (QED) is 0.866. The van der Waals surface area contributed by atoms with Crippen molar-refractivity contribution in [2.75, 3.05) is 44.6 Å². The summed E-state index contributed by atoms with van der Waals surface area (Å²) in [6, 6.07) is 4.62. The Labute approximate surface area is 138 Å². The highest BCUT2D eigenvalue weighted by atomic mass is 19.4. The SMILES string of the molecule is O=C(Nc1ccc(C(F)(F)F)cc1)N1CCC(N2CCNCC2)C1. The largest absolute Gasteiger partial charge is 0.416 e. The Morgan fingerprint density at radius 2 is 1.79 bits per heavy atom. The first kappa shape index (κ1) is 17.0. The number of rotatable bonds is 2. The minimum Gasteiger partial charge on any atom is -0.323 e. The monoisotopic (exact) mass is 342 g/mol. The van der Waals surface area contributed by atoms with Gasteiger partial charge in [0.05, 0.1) is 5.56 Å². The number of benzene rings is 1. The van der Waals surface area contributed by atoms with Crippen LogP contribution in [0.1, 0.15) is 12.0 Å². The summed E-state index contributed by atoms with van der Waals surface area (Å²) in [6.07, 6.45) is -3.44. The van der Waals surface area contributed by atoms with Gasteiger partial charge in [0.15, 0.2) is 0 Å². The van der Waals surface area contributed by atoms with Gasteiger partial charge >= 0.3 is 12.2 Å². The molecule has 3 rings (SSSR count). The number of hydrogen-bond donors (Lipinski definition) is 2. The smallest absolute Gasteiger partial charge is 0.323 e. The van der Waals surface area contributed by atoms with Gasteiger partial charge in [0, 0.05) is 51.0 Å². The maximum atomic E-state index is 12.5. The highest BCUT2D eigenvalue weighted by Crippen LogP contribution is 2.30. The van der Waals surface area contributed by atoms with Crippen LogP contribution in [0.5, 0.6) is 0 Å². The molecular formula is C16H21F3N4O. The lowest BCUT2D eigenvalue weighted by atomic mass is 10.2. The van der Waals surface area contributed by atoms with Gasteiger partial charge in [0.1, 0.15) is 0 Å². The molecule has 0 bridgehead atoms. The summed E-state index contributed by atoms with van der Waals surface area (Å²) in [5.74, 6) is 0. The first-order valence-corrected chi connectivity index (χ1v) is 8.11. The zero-order valence-electron chi connectivity index (χ0n) is 13.3. The second kappa shape index (κ2) is 6.98. The van der Waals surface area contributed by atoms with Gasteiger partial charge in [-0.1, -0.05) is 0 Å². The highest BCUT2D eigenvalue weighted by Gasteiger charge is 2.32. The van der Waals surface area contributed by atoms with Crippen molar-refractivity contribution in [1.29, 1.82) is 0 Å². The van der Waals surface area contributed by atoms with Crippen molar-refractivity contribution in [3.8, 4) is 0 Å². The Kier molecular flexibility index (Phi) is 4.96. The molecular weight excluding hydrogens is 321 g/mol. The zero-order chi connectivity index (χ0) is 17.2. The van der Waals surface area contributed by atoms with Crippen LogP contribution in [0.2, 0.25) is 0 Å². The predicted molar refractivity (Wildman–Crippen MR) is 84.9 cm³/mol. The van der Waals surface area contributed by atoms with Crippen molar-refractivity contribution >= 4 is 11.7 Å². The van der Waals surface area contributed by atoms with E-state index in [1.807, 2.05) is 0 Å². The standard InChI is InChI=1S/C16H21F3N4O/c17-16(18,19)12-1-3-13(4-2-12)21-15(24)23-8-5-14(11-23)22-9-6-20-7-10-22/h1-4,14,20H,5-11H2,(H,21,24). The van der Waals surface area contributed by atoms with Gasteiger partial charge in [-0.05, 0) is 30.7 Å². The van der Waals surface area contributed by atoms with E-state index in [0.29, 0.717) is 24.8 Å². The average molecular weight is 342 g/mol. The molecule has 2 aliphatic heterocycles. The second-order valence-corrected chi connectivity index (χ2v) is 6.18. The summed E-state index contributed by atoms with van der Waals surface area (Å²) in [7, 11) is 0. The molecule has 1 atom stereocenters. The lowest BCUT2D eigenvalue weighted by Crippen LogP contribution is -2.49. The van der Waals surface area contributed by atoms with E-state index in [-0.39, 0.29) is 6.03 Å². The van der Waals surface area contributed by atoms with E-state index in [9.17, 15) is 18.0 Å². The van der Waals surface area contributed by atoms with E-state index in [1.54, 1.807) is 4.90 Å². The zero-order valence-corrected chi connectivity index (χ0v) is 13.3. The summed E-state index contributed by atoms with van der Waals surface area (Å²) in [5.41, 5.74) is -0.348. The minimum absolute atomic E-state index is 0.257. The number of nitrogens with one attached hydrogen (secondary N) is 2. The molecule has 0 aliphatic carbocycles. The van der Waals surface area contributed by atoms with E-state index < -0.39 is 11.7 Å². The molecule has 1 unspecified atom stereocenters. The van der Waals surface area contributed by atoms with Gasteiger partial charge < -0.3 is 15.5 Å². The first-order valence-electron chi connectivity index (χ1n) is 8.11. The Balaban J connectivity index is 1.54. The lowest BCUT2D eigenvalue weighted by molar-refractivity contribution is -0.137. The molecule has 0 radical (unpaired) electrons. The van der Waals surface area contributed by atoms with Crippen LogP contribution in [0.4, 0.5) is 23.7 Å². The van der Waals surface area contributed by atoms with Crippen LogP contribution in [0.25, 0.3) is 0 Å². The van der Waals surface area contributed by atoms with Gasteiger partial charge in [-0.3, -0.25) is 4.90 Å². The third-order valence-corrected chi connectivity index (χ3v) is 4.58. The topological polar surface area (TPSA) is 47.6 Å². The summed E-state index contributed by atoms with van der Waals surface area (Å²) in [6.45, 7) is 5.23. The summed E-state index contributed by atoms with van der Waals surface area (Å²) in [5, 5.41) is 5.98. The molecule has 5 nitrogen and oxygen atoms in total. The van der Waals surface area contributed by atoms with Crippen LogP contribution >= 0.6 is 0 Å². The van der Waals surface area contributed by atoms with Crippen LogP contribution in [0, 0.1) is 0 Å². The molecule has 1 aromatic carbocycles. The number of urea groups is 1. The molecule has 2 fully saturated rings. The fourth-order valence-corrected chi connectivity index (χ4v) is 3.22. The van der Waals surface area contributed by atoms with E-state index in [4.69, 9.17) is 0 Å². The third-order valence-electron chi connectivity index (χ3n) is 4.58. The molecule has 2 heterocycles. The van der Waals surface area contributed by atoms with Gasteiger partial charge in [0.25, 0.3) is 0 Å². The minimum atomic E-state index is -4.37. The van der Waals surface area contributed by atoms with E-state index in [2.05, 4.69) is 15.5 Å². The Morgan fingerprint density at radius 1 is 1.12 bits per heavy atom. The number of nitrogens with zero attached hydrogens (tertiary/aromatic N) is 2. The van der Waals surface area contributed by atoms with Crippen molar-refractivity contribution in [3.05, 3.63) is 29.8 Å². The van der Waals surface area contributed by atoms with Crippen molar-refractivity contribution < 1.29 is 18.0 Å². The number of halogens is 3. The number of carbonyl (C=O) groups excluding carboxylic acids is 1. The van der Waals surface area contributed by atoms with Crippen molar-refractivity contribution in [2.45, 2.75) is 18.6 Å². The third kappa shape index (κ3) is 3.99. The second-order valence-electron chi connectivity index (χ2n) is 6.18. The number of alkyl halides is 3. The Morgan fingerprint density at radius 3 is 2.42 bits per heavy atom. The molecule has 2 saturated heterocycles. The number of piperazine rings is 1. The molecule has 2 aliphatic rings. The number of anilines is 1. The molecule has 0 aromatic heterocycles. The van der Waals surface area contributed by atoms with Crippen LogP contribution in [-0.2, 0) is 6.18 Å². The molecule has 2 amide bonds. The summed E-state index contributed by atoms with van der Waals surface area (Å²) >= 11 is 0. The number of amides is 2. The van der Waals surface area contributed by atoms with E-state index >= 15 is 0 Å². The van der Waals surface area contributed by atoms with Crippen LogP contribution in [0.3, 0.4) is 0 Å². The van der Waals surface area contributed by atoms with Gasteiger partial charge in [-0.25, -0.2) is 4.79 Å². The van der Waals surface area contributed by atoms with E-state index in [0.717, 1.165) is 44.7 Å². The van der Waals surface area contributed by atoms with Crippen LogP contribution in [0.15, 0.2) is 24.3 Å². The average Bonchev–Trinajstić information content (AvgIpc) is 3.05. The summed E-state index contributed by atoms with van der Waals surface area (Å²) < 4.78 is 37.6. The Hall–Kier alpha value is -1.80. The van der Waals surface area contributed by atoms with Crippen LogP contribution in [-0.4, -0.2) is 61.1 Å². The molecule has 132 valence electrons. The van der Waals surface area contributed by atoms with Crippen LogP contribution < -0.4 is 10.6 Å². The molecule has 24 heavy (non-hydrogen) atoms. The maximum Gasteiger partial charge on any atom is 0.416 e. The number of likely N-dealkylation sites (tertiary alicyclic amines) is 1. The highest BCUT2D eigenvalue weighted by molar-refractivity contribution is 5.89. The maximum absolute atomic E-state index is 12.5. The van der Waals surface area contributed by atoms with Gasteiger partial charge in [-0.15, -0.1) is 0 Å². The fourth-order valence-electron chi connectivity index (χ4n) is 3.22. The molecule has 0 saturated carbocycles. The predicted octanol–water partition coefficient (Wildman–Crippen LogP) is 2.22. The molecule has 8 heteroatoms.